The molecule has 1 saturated heterocycles. The number of benzene rings is 1. The minimum absolute atomic E-state index is 0.0243. The molecule has 0 radical (unpaired) electrons. The molecule has 0 aromatic heterocycles. The molecule has 0 saturated carbocycles. The van der Waals surface area contributed by atoms with Crippen molar-refractivity contribution in [3.63, 3.8) is 0 Å². The average molecular weight is 314 g/mol. The highest BCUT2D eigenvalue weighted by Gasteiger charge is 2.29. The second-order valence-corrected chi connectivity index (χ2v) is 6.02. The largest absolute Gasteiger partial charge is 0.335 e. The van der Waals surface area contributed by atoms with E-state index in [9.17, 15) is 9.59 Å². The number of ketones is 1. The first-order valence-corrected chi connectivity index (χ1v) is 7.50. The molecule has 5 heteroatoms. The number of Topliss-reactive ketones (excluding diaryl/α,β-unsaturated/α-hetero) is 1. The molecule has 108 valence electrons. The number of carbonyl (C=O) groups is 2. The van der Waals surface area contributed by atoms with Gasteiger partial charge < -0.3 is 4.90 Å². The van der Waals surface area contributed by atoms with Gasteiger partial charge in [-0.1, -0.05) is 23.2 Å². The maximum absolute atomic E-state index is 12.6. The van der Waals surface area contributed by atoms with E-state index < -0.39 is 0 Å². The highest BCUT2D eigenvalue weighted by atomic mass is 35.5. The Bertz CT molecular complexity index is 531. The van der Waals surface area contributed by atoms with Crippen molar-refractivity contribution in [2.45, 2.75) is 38.6 Å². The van der Waals surface area contributed by atoms with Crippen LogP contribution in [-0.4, -0.2) is 29.2 Å². The number of rotatable bonds is 3. The molecule has 1 fully saturated rings. The fourth-order valence-corrected chi connectivity index (χ4v) is 3.00. The van der Waals surface area contributed by atoms with Crippen LogP contribution in [0.25, 0.3) is 0 Å². The normalized spacial score (nSPS) is 18.9. The van der Waals surface area contributed by atoms with Crippen molar-refractivity contribution in [2.75, 3.05) is 6.54 Å². The van der Waals surface area contributed by atoms with Gasteiger partial charge in [0.25, 0.3) is 5.91 Å². The van der Waals surface area contributed by atoms with Crippen LogP contribution >= 0.6 is 23.2 Å². The lowest BCUT2D eigenvalue weighted by Gasteiger charge is -2.35. The Morgan fingerprint density at radius 1 is 1.30 bits per heavy atom. The number of hydrogen-bond donors (Lipinski definition) is 0. The van der Waals surface area contributed by atoms with Crippen molar-refractivity contribution in [2.24, 2.45) is 0 Å². The molecule has 1 unspecified atom stereocenters. The van der Waals surface area contributed by atoms with Crippen molar-refractivity contribution >= 4 is 34.9 Å². The highest BCUT2D eigenvalue weighted by Crippen LogP contribution is 2.27. The Hall–Kier alpha value is -1.06. The van der Waals surface area contributed by atoms with Crippen LogP contribution in [0.2, 0.25) is 10.0 Å². The number of likely N-dealkylation sites (tertiary alicyclic amines) is 1. The first kappa shape index (κ1) is 15.3. The lowest BCUT2D eigenvalue weighted by Crippen LogP contribution is -2.44. The van der Waals surface area contributed by atoms with Gasteiger partial charge in [-0.2, -0.15) is 0 Å². The average Bonchev–Trinajstić information content (AvgIpc) is 2.41. The van der Waals surface area contributed by atoms with Gasteiger partial charge in [0.15, 0.2) is 0 Å². The molecule has 3 nitrogen and oxygen atoms in total. The van der Waals surface area contributed by atoms with Gasteiger partial charge in [0.1, 0.15) is 5.78 Å². The molecule has 1 amide bonds. The summed E-state index contributed by atoms with van der Waals surface area (Å²) in [4.78, 5) is 25.8. The maximum Gasteiger partial charge on any atom is 0.255 e. The minimum Gasteiger partial charge on any atom is -0.335 e. The van der Waals surface area contributed by atoms with Crippen LogP contribution in [0.15, 0.2) is 18.2 Å². The molecular formula is C15H17Cl2NO2. The van der Waals surface area contributed by atoms with Gasteiger partial charge in [-0.15, -0.1) is 0 Å². The summed E-state index contributed by atoms with van der Waals surface area (Å²) in [6.07, 6.45) is 3.27. The fraction of sp³-hybridized carbons (Fsp3) is 0.467. The van der Waals surface area contributed by atoms with Gasteiger partial charge in [0.05, 0.1) is 10.6 Å². The summed E-state index contributed by atoms with van der Waals surface area (Å²) < 4.78 is 0. The SMILES string of the molecule is CC(=O)CC1CCCCN1C(=O)c1cc(Cl)ccc1Cl. The molecule has 20 heavy (non-hydrogen) atoms. The summed E-state index contributed by atoms with van der Waals surface area (Å²) >= 11 is 12.0. The Morgan fingerprint density at radius 3 is 2.75 bits per heavy atom. The second kappa shape index (κ2) is 6.59. The summed E-state index contributed by atoms with van der Waals surface area (Å²) in [6.45, 7) is 2.23. The zero-order valence-corrected chi connectivity index (χ0v) is 12.9. The molecule has 0 N–H and O–H groups in total. The van der Waals surface area contributed by atoms with Crippen LogP contribution in [-0.2, 0) is 4.79 Å². The third-order valence-corrected chi connectivity index (χ3v) is 4.13. The highest BCUT2D eigenvalue weighted by molar-refractivity contribution is 6.35. The summed E-state index contributed by atoms with van der Waals surface area (Å²) in [5, 5.41) is 0.879. The quantitative estimate of drug-likeness (QED) is 0.846. The molecule has 1 heterocycles. The molecule has 1 atom stereocenters. The molecule has 2 rings (SSSR count). The van der Waals surface area contributed by atoms with E-state index in [1.54, 1.807) is 30.0 Å². The first-order valence-electron chi connectivity index (χ1n) is 6.74. The summed E-state index contributed by atoms with van der Waals surface area (Å²) in [6, 6.07) is 4.85. The Labute approximate surface area is 128 Å². The van der Waals surface area contributed by atoms with E-state index in [0.29, 0.717) is 28.6 Å². The van der Waals surface area contributed by atoms with E-state index in [-0.39, 0.29) is 17.7 Å². The number of carbonyl (C=O) groups excluding carboxylic acids is 2. The number of piperidine rings is 1. The lowest BCUT2D eigenvalue weighted by molar-refractivity contribution is -0.118. The monoisotopic (exact) mass is 313 g/mol. The van der Waals surface area contributed by atoms with E-state index in [0.717, 1.165) is 19.3 Å². The summed E-state index contributed by atoms with van der Waals surface area (Å²) in [5.74, 6) is -0.0321. The van der Waals surface area contributed by atoms with Crippen molar-refractivity contribution in [3.05, 3.63) is 33.8 Å². The van der Waals surface area contributed by atoms with Crippen LogP contribution < -0.4 is 0 Å². The second-order valence-electron chi connectivity index (χ2n) is 5.18. The smallest absolute Gasteiger partial charge is 0.255 e. The molecule has 1 aromatic rings. The third-order valence-electron chi connectivity index (χ3n) is 3.57. The number of nitrogens with zero attached hydrogens (tertiary/aromatic N) is 1. The Balaban J connectivity index is 2.25. The Kier molecular flexibility index (Phi) is 5.06. The van der Waals surface area contributed by atoms with Crippen LogP contribution in [0.5, 0.6) is 0 Å². The number of hydrogen-bond acceptors (Lipinski definition) is 2. The van der Waals surface area contributed by atoms with Gasteiger partial charge in [-0.05, 0) is 44.4 Å². The molecule has 1 aliphatic heterocycles. The maximum atomic E-state index is 12.6. The van der Waals surface area contributed by atoms with Crippen molar-refractivity contribution in [3.8, 4) is 0 Å². The van der Waals surface area contributed by atoms with Crippen molar-refractivity contribution in [1.29, 1.82) is 0 Å². The lowest BCUT2D eigenvalue weighted by atomic mass is 9.97. The van der Waals surface area contributed by atoms with E-state index in [2.05, 4.69) is 0 Å². The predicted octanol–water partition coefficient (Wildman–Crippen LogP) is 3.97. The van der Waals surface area contributed by atoms with Crippen LogP contribution in [0.3, 0.4) is 0 Å². The molecule has 1 aromatic carbocycles. The van der Waals surface area contributed by atoms with Crippen molar-refractivity contribution < 1.29 is 9.59 Å². The molecular weight excluding hydrogens is 297 g/mol. The van der Waals surface area contributed by atoms with Gasteiger partial charge >= 0.3 is 0 Å². The summed E-state index contributed by atoms with van der Waals surface area (Å²) in [7, 11) is 0. The van der Waals surface area contributed by atoms with Crippen LogP contribution in [0, 0.1) is 0 Å². The number of amides is 1. The van der Waals surface area contributed by atoms with E-state index in [1.165, 1.54) is 0 Å². The fourth-order valence-electron chi connectivity index (χ4n) is 2.63. The van der Waals surface area contributed by atoms with Crippen LogP contribution in [0.1, 0.15) is 43.0 Å². The van der Waals surface area contributed by atoms with E-state index in [4.69, 9.17) is 23.2 Å². The standard InChI is InChI=1S/C15H17Cl2NO2/c1-10(19)8-12-4-2-3-7-18(12)15(20)13-9-11(16)5-6-14(13)17/h5-6,9,12H,2-4,7-8H2,1H3. The van der Waals surface area contributed by atoms with Gasteiger partial charge in [-0.3, -0.25) is 9.59 Å². The summed E-state index contributed by atoms with van der Waals surface area (Å²) in [5.41, 5.74) is 0.412. The number of halogens is 2. The van der Waals surface area contributed by atoms with E-state index >= 15 is 0 Å². The van der Waals surface area contributed by atoms with Gasteiger partial charge in [0.2, 0.25) is 0 Å². The van der Waals surface area contributed by atoms with Crippen molar-refractivity contribution in [1.82, 2.24) is 4.90 Å². The molecule has 0 aliphatic carbocycles. The van der Waals surface area contributed by atoms with Crippen LogP contribution in [0.4, 0.5) is 0 Å². The third kappa shape index (κ3) is 3.53. The topological polar surface area (TPSA) is 37.4 Å². The van der Waals surface area contributed by atoms with Gasteiger partial charge in [-0.25, -0.2) is 0 Å². The molecule has 0 spiro atoms. The first-order chi connectivity index (χ1) is 9.49. The molecule has 0 bridgehead atoms. The minimum atomic E-state index is -0.136. The van der Waals surface area contributed by atoms with Gasteiger partial charge in [0, 0.05) is 24.0 Å². The Morgan fingerprint density at radius 2 is 2.05 bits per heavy atom. The zero-order chi connectivity index (χ0) is 14.7. The predicted molar refractivity (Wildman–Crippen MR) is 80.4 cm³/mol. The molecule has 1 aliphatic rings. The zero-order valence-electron chi connectivity index (χ0n) is 11.4. The van der Waals surface area contributed by atoms with E-state index in [1.807, 2.05) is 0 Å².